The molecule has 2 aromatic rings. The summed E-state index contributed by atoms with van der Waals surface area (Å²) in [6, 6.07) is 7.19. The molecule has 0 aliphatic carbocycles. The quantitative estimate of drug-likeness (QED) is 0.896. The van der Waals surface area contributed by atoms with Gasteiger partial charge in [0.25, 0.3) is 5.91 Å². The van der Waals surface area contributed by atoms with Gasteiger partial charge in [-0.1, -0.05) is 13.8 Å². The summed E-state index contributed by atoms with van der Waals surface area (Å²) >= 11 is 0. The summed E-state index contributed by atoms with van der Waals surface area (Å²) in [5.41, 5.74) is 1.29. The highest BCUT2D eigenvalue weighted by Gasteiger charge is 2.07. The SMILES string of the molecule is CC(C)CCNC(=O)c1ccc(-c2ccco2)nc1. The van der Waals surface area contributed by atoms with Gasteiger partial charge in [0.05, 0.1) is 11.8 Å². The van der Waals surface area contributed by atoms with Gasteiger partial charge < -0.3 is 9.73 Å². The van der Waals surface area contributed by atoms with Crippen molar-refractivity contribution < 1.29 is 9.21 Å². The van der Waals surface area contributed by atoms with Crippen molar-refractivity contribution in [3.8, 4) is 11.5 Å². The van der Waals surface area contributed by atoms with Crippen LogP contribution in [0.15, 0.2) is 41.1 Å². The van der Waals surface area contributed by atoms with E-state index in [4.69, 9.17) is 4.42 Å². The summed E-state index contributed by atoms with van der Waals surface area (Å²) in [5.74, 6) is 1.20. The van der Waals surface area contributed by atoms with Crippen LogP contribution in [0.4, 0.5) is 0 Å². The maximum absolute atomic E-state index is 11.8. The Hall–Kier alpha value is -2.10. The van der Waals surface area contributed by atoms with Crippen molar-refractivity contribution in [3.63, 3.8) is 0 Å². The van der Waals surface area contributed by atoms with E-state index in [9.17, 15) is 4.79 Å². The molecular formula is C15H18N2O2. The molecule has 0 fully saturated rings. The number of furan rings is 1. The zero-order valence-electron chi connectivity index (χ0n) is 11.2. The Balaban J connectivity index is 1.96. The van der Waals surface area contributed by atoms with Crippen LogP contribution in [0.1, 0.15) is 30.6 Å². The molecule has 2 heterocycles. The van der Waals surface area contributed by atoms with E-state index in [-0.39, 0.29) is 5.91 Å². The van der Waals surface area contributed by atoms with Crippen molar-refractivity contribution in [2.24, 2.45) is 5.92 Å². The highest BCUT2D eigenvalue weighted by Crippen LogP contribution is 2.16. The van der Waals surface area contributed by atoms with Crippen LogP contribution in [0, 0.1) is 5.92 Å². The van der Waals surface area contributed by atoms with Gasteiger partial charge >= 0.3 is 0 Å². The van der Waals surface area contributed by atoms with E-state index in [1.807, 2.05) is 12.1 Å². The number of carbonyl (C=O) groups excluding carboxylic acids is 1. The third-order valence-corrected chi connectivity index (χ3v) is 2.81. The molecule has 100 valence electrons. The van der Waals surface area contributed by atoms with Crippen molar-refractivity contribution in [3.05, 3.63) is 42.3 Å². The number of nitrogens with one attached hydrogen (secondary N) is 1. The highest BCUT2D eigenvalue weighted by molar-refractivity contribution is 5.94. The lowest BCUT2D eigenvalue weighted by Gasteiger charge is -2.07. The van der Waals surface area contributed by atoms with Crippen LogP contribution in [-0.4, -0.2) is 17.4 Å². The van der Waals surface area contributed by atoms with Crippen LogP contribution in [0.25, 0.3) is 11.5 Å². The minimum Gasteiger partial charge on any atom is -0.463 e. The molecule has 0 bridgehead atoms. The van der Waals surface area contributed by atoms with Crippen molar-refractivity contribution in [2.75, 3.05) is 6.54 Å². The molecule has 4 heteroatoms. The zero-order valence-corrected chi connectivity index (χ0v) is 11.2. The van der Waals surface area contributed by atoms with Crippen molar-refractivity contribution in [1.29, 1.82) is 0 Å². The van der Waals surface area contributed by atoms with E-state index in [2.05, 4.69) is 24.1 Å². The number of carbonyl (C=O) groups is 1. The third kappa shape index (κ3) is 3.68. The Kier molecular flexibility index (Phi) is 4.34. The van der Waals surface area contributed by atoms with Gasteiger partial charge in [0.2, 0.25) is 0 Å². The van der Waals surface area contributed by atoms with Gasteiger partial charge in [-0.3, -0.25) is 9.78 Å². The molecule has 19 heavy (non-hydrogen) atoms. The normalized spacial score (nSPS) is 10.7. The highest BCUT2D eigenvalue weighted by atomic mass is 16.3. The van der Waals surface area contributed by atoms with Crippen LogP contribution >= 0.6 is 0 Å². The van der Waals surface area contributed by atoms with Crippen LogP contribution in [0.3, 0.4) is 0 Å². The number of pyridine rings is 1. The van der Waals surface area contributed by atoms with E-state index in [0.29, 0.717) is 23.8 Å². The molecule has 0 radical (unpaired) electrons. The number of hydrogen-bond donors (Lipinski definition) is 1. The smallest absolute Gasteiger partial charge is 0.252 e. The summed E-state index contributed by atoms with van der Waals surface area (Å²) in [7, 11) is 0. The second kappa shape index (κ2) is 6.18. The van der Waals surface area contributed by atoms with E-state index in [1.54, 1.807) is 24.6 Å². The number of nitrogens with zero attached hydrogens (tertiary/aromatic N) is 1. The van der Waals surface area contributed by atoms with Crippen LogP contribution in [-0.2, 0) is 0 Å². The lowest BCUT2D eigenvalue weighted by Crippen LogP contribution is -2.25. The fourth-order valence-corrected chi connectivity index (χ4v) is 1.67. The minimum absolute atomic E-state index is 0.0841. The van der Waals surface area contributed by atoms with E-state index in [0.717, 1.165) is 12.1 Å². The lowest BCUT2D eigenvalue weighted by atomic mass is 10.1. The molecule has 0 unspecified atom stereocenters. The topological polar surface area (TPSA) is 55.1 Å². The van der Waals surface area contributed by atoms with Gasteiger partial charge in [-0.15, -0.1) is 0 Å². The fraction of sp³-hybridized carbons (Fsp3) is 0.333. The maximum atomic E-state index is 11.8. The third-order valence-electron chi connectivity index (χ3n) is 2.81. The molecule has 0 saturated carbocycles. The lowest BCUT2D eigenvalue weighted by molar-refractivity contribution is 0.0951. The fourth-order valence-electron chi connectivity index (χ4n) is 1.67. The average molecular weight is 258 g/mol. The minimum atomic E-state index is -0.0841. The van der Waals surface area contributed by atoms with E-state index in [1.165, 1.54) is 0 Å². The first kappa shape index (κ1) is 13.3. The predicted molar refractivity (Wildman–Crippen MR) is 73.7 cm³/mol. The Bertz CT molecular complexity index is 516. The summed E-state index contributed by atoms with van der Waals surface area (Å²) in [5, 5.41) is 2.88. The largest absolute Gasteiger partial charge is 0.463 e. The van der Waals surface area contributed by atoms with Gasteiger partial charge in [-0.2, -0.15) is 0 Å². The van der Waals surface area contributed by atoms with Crippen molar-refractivity contribution in [2.45, 2.75) is 20.3 Å². The Morgan fingerprint density at radius 2 is 2.21 bits per heavy atom. The summed E-state index contributed by atoms with van der Waals surface area (Å²) in [6.45, 7) is 4.95. The molecule has 0 aliphatic heterocycles. The monoisotopic (exact) mass is 258 g/mol. The summed E-state index contributed by atoms with van der Waals surface area (Å²) < 4.78 is 5.25. The number of aromatic nitrogens is 1. The molecule has 0 aliphatic rings. The Morgan fingerprint density at radius 1 is 1.37 bits per heavy atom. The van der Waals surface area contributed by atoms with Crippen molar-refractivity contribution >= 4 is 5.91 Å². The molecule has 2 aromatic heterocycles. The number of hydrogen-bond acceptors (Lipinski definition) is 3. The van der Waals surface area contributed by atoms with Crippen LogP contribution in [0.2, 0.25) is 0 Å². The molecule has 0 aromatic carbocycles. The molecule has 1 amide bonds. The van der Waals surface area contributed by atoms with E-state index < -0.39 is 0 Å². The summed E-state index contributed by atoms with van der Waals surface area (Å²) in [6.07, 6.45) is 4.15. The van der Waals surface area contributed by atoms with Gasteiger partial charge in [0.15, 0.2) is 5.76 Å². The Labute approximate surface area is 112 Å². The predicted octanol–water partition coefficient (Wildman–Crippen LogP) is 3.12. The molecule has 2 rings (SSSR count). The zero-order chi connectivity index (χ0) is 13.7. The standard InChI is InChI=1S/C15H18N2O2/c1-11(2)7-8-16-15(18)12-5-6-13(17-10-12)14-4-3-9-19-14/h3-6,9-11H,7-8H2,1-2H3,(H,16,18). The van der Waals surface area contributed by atoms with Gasteiger partial charge in [-0.25, -0.2) is 0 Å². The van der Waals surface area contributed by atoms with E-state index >= 15 is 0 Å². The van der Waals surface area contributed by atoms with Crippen molar-refractivity contribution in [1.82, 2.24) is 10.3 Å². The summed E-state index contributed by atoms with van der Waals surface area (Å²) in [4.78, 5) is 16.1. The second-order valence-corrected chi connectivity index (χ2v) is 4.85. The second-order valence-electron chi connectivity index (χ2n) is 4.85. The molecule has 0 atom stereocenters. The molecule has 0 spiro atoms. The van der Waals surface area contributed by atoms with Gasteiger partial charge in [0.1, 0.15) is 5.69 Å². The number of rotatable bonds is 5. The van der Waals surface area contributed by atoms with Crippen LogP contribution < -0.4 is 5.32 Å². The van der Waals surface area contributed by atoms with Gasteiger partial charge in [-0.05, 0) is 36.6 Å². The molecule has 0 saturated heterocycles. The maximum Gasteiger partial charge on any atom is 0.252 e. The van der Waals surface area contributed by atoms with Gasteiger partial charge in [0, 0.05) is 12.7 Å². The molecule has 1 N–H and O–H groups in total. The van der Waals surface area contributed by atoms with Crippen LogP contribution in [0.5, 0.6) is 0 Å². The Morgan fingerprint density at radius 3 is 2.79 bits per heavy atom. The first-order valence-electron chi connectivity index (χ1n) is 6.45. The average Bonchev–Trinajstić information content (AvgIpc) is 2.92. The number of amides is 1. The molecular weight excluding hydrogens is 240 g/mol. The first-order valence-corrected chi connectivity index (χ1v) is 6.45. The first-order chi connectivity index (χ1) is 9.16. The molecule has 4 nitrogen and oxygen atoms in total.